The number of rotatable bonds is 8. The van der Waals surface area contributed by atoms with E-state index in [4.69, 9.17) is 0 Å². The summed E-state index contributed by atoms with van der Waals surface area (Å²) in [6, 6.07) is 17.6. The van der Waals surface area contributed by atoms with Gasteiger partial charge in [0.05, 0.1) is 5.25 Å². The number of aromatic nitrogens is 1. The van der Waals surface area contributed by atoms with E-state index >= 15 is 0 Å². The smallest absolute Gasteiger partial charge is 0.251 e. The third-order valence-corrected chi connectivity index (χ3v) is 10.4. The molecule has 2 heterocycles. The second-order valence-corrected chi connectivity index (χ2v) is 13.2. The fourth-order valence-corrected chi connectivity index (χ4v) is 7.41. The van der Waals surface area contributed by atoms with Gasteiger partial charge in [-0.25, -0.2) is 12.7 Å². The molecule has 1 amide bonds. The minimum Gasteiger partial charge on any atom is -0.352 e. The molecule has 0 radical (unpaired) electrons. The number of fused-ring (bicyclic) bond motifs is 1. The van der Waals surface area contributed by atoms with E-state index in [-0.39, 0.29) is 11.2 Å². The van der Waals surface area contributed by atoms with E-state index in [0.29, 0.717) is 37.2 Å². The second-order valence-electron chi connectivity index (χ2n) is 11.0. The van der Waals surface area contributed by atoms with Gasteiger partial charge in [0.2, 0.25) is 10.0 Å². The molecule has 0 unspecified atom stereocenters. The van der Waals surface area contributed by atoms with Gasteiger partial charge in [-0.15, -0.1) is 0 Å². The van der Waals surface area contributed by atoms with Gasteiger partial charge in [-0.05, 0) is 81.2 Å². The first-order chi connectivity index (χ1) is 17.4. The van der Waals surface area contributed by atoms with Crippen molar-refractivity contribution in [3.05, 3.63) is 70.9 Å². The third-order valence-electron chi connectivity index (χ3n) is 8.03. The standard InChI is InChI=1S/C29H35N3O3S/c1-20-2-4-21(5-3-20)16-26-18-24-17-23(6-11-28(24)32(26)25-7-8-25)29(33)30-19-22-12-14-31(15-13-22)36(34,35)27-9-10-27/h2-6,11,17-18,22,25,27H,7-10,12-16,19H2,1H3,(H,30,33). The lowest BCUT2D eigenvalue weighted by Crippen LogP contribution is -2.42. The summed E-state index contributed by atoms with van der Waals surface area (Å²) in [5.41, 5.74) is 5.78. The molecule has 2 aromatic carbocycles. The van der Waals surface area contributed by atoms with Crippen LogP contribution in [-0.2, 0) is 16.4 Å². The molecule has 6 nitrogen and oxygen atoms in total. The number of amides is 1. The van der Waals surface area contributed by atoms with E-state index in [1.165, 1.54) is 35.2 Å². The lowest BCUT2D eigenvalue weighted by Gasteiger charge is -2.31. The SMILES string of the molecule is Cc1ccc(Cc2cc3cc(C(=O)NCC4CCN(S(=O)(=O)C5CC5)CC4)ccc3n2C2CC2)cc1. The quantitative estimate of drug-likeness (QED) is 0.478. The number of sulfonamides is 1. The number of aryl methyl sites for hydroxylation is 1. The molecule has 1 aliphatic heterocycles. The van der Waals surface area contributed by atoms with Gasteiger partial charge in [0.15, 0.2) is 0 Å². The summed E-state index contributed by atoms with van der Waals surface area (Å²) in [5.74, 6) is 0.268. The van der Waals surface area contributed by atoms with Crippen LogP contribution < -0.4 is 5.32 Å². The Morgan fingerprint density at radius 2 is 1.67 bits per heavy atom. The minimum atomic E-state index is -3.09. The summed E-state index contributed by atoms with van der Waals surface area (Å²) < 4.78 is 29.0. The molecular formula is C29H35N3O3S. The molecule has 2 aliphatic carbocycles. The third kappa shape index (κ3) is 4.83. The molecule has 0 bridgehead atoms. The van der Waals surface area contributed by atoms with E-state index in [2.05, 4.69) is 53.2 Å². The first kappa shape index (κ1) is 23.7. The fraction of sp³-hybridized carbons (Fsp3) is 0.483. The molecule has 1 aromatic heterocycles. The molecule has 3 aromatic rings. The fourth-order valence-electron chi connectivity index (χ4n) is 5.53. The number of nitrogens with zero attached hydrogens (tertiary/aromatic N) is 2. The molecule has 36 heavy (non-hydrogen) atoms. The number of carbonyl (C=O) groups is 1. The van der Waals surface area contributed by atoms with Crippen molar-refractivity contribution in [2.24, 2.45) is 5.92 Å². The molecular weight excluding hydrogens is 470 g/mol. The van der Waals surface area contributed by atoms with Crippen LogP contribution in [0.25, 0.3) is 10.9 Å². The van der Waals surface area contributed by atoms with Crippen LogP contribution in [0.15, 0.2) is 48.5 Å². The topological polar surface area (TPSA) is 71.4 Å². The molecule has 2 saturated carbocycles. The maximum atomic E-state index is 13.0. The van der Waals surface area contributed by atoms with Gasteiger partial charge < -0.3 is 9.88 Å². The summed E-state index contributed by atoms with van der Waals surface area (Å²) in [6.45, 7) is 3.85. The van der Waals surface area contributed by atoms with Crippen LogP contribution in [0.3, 0.4) is 0 Å². The summed E-state index contributed by atoms with van der Waals surface area (Å²) in [5, 5.41) is 4.09. The van der Waals surface area contributed by atoms with E-state index in [1.54, 1.807) is 4.31 Å². The Bertz CT molecular complexity index is 1380. The Kier molecular flexibility index (Phi) is 6.16. The van der Waals surface area contributed by atoms with Gasteiger partial charge in [0, 0.05) is 54.3 Å². The van der Waals surface area contributed by atoms with E-state index in [9.17, 15) is 13.2 Å². The summed E-state index contributed by atoms with van der Waals surface area (Å²) in [7, 11) is -3.09. The molecule has 190 valence electrons. The number of hydrogen-bond acceptors (Lipinski definition) is 3. The zero-order valence-corrected chi connectivity index (χ0v) is 21.8. The van der Waals surface area contributed by atoms with E-state index in [0.717, 1.165) is 37.5 Å². The predicted octanol–water partition coefficient (Wildman–Crippen LogP) is 4.81. The monoisotopic (exact) mass is 505 g/mol. The van der Waals surface area contributed by atoms with E-state index < -0.39 is 10.0 Å². The van der Waals surface area contributed by atoms with Gasteiger partial charge in [0.1, 0.15) is 0 Å². The van der Waals surface area contributed by atoms with Crippen molar-refractivity contribution in [1.29, 1.82) is 0 Å². The number of benzene rings is 2. The van der Waals surface area contributed by atoms with Gasteiger partial charge in [-0.1, -0.05) is 29.8 Å². The molecule has 1 saturated heterocycles. The first-order valence-corrected chi connectivity index (χ1v) is 14.9. The number of nitrogens with one attached hydrogen (secondary N) is 1. The van der Waals surface area contributed by atoms with Crippen molar-refractivity contribution < 1.29 is 13.2 Å². The lowest BCUT2D eigenvalue weighted by molar-refractivity contribution is 0.0941. The lowest BCUT2D eigenvalue weighted by atomic mass is 9.98. The Balaban J connectivity index is 1.11. The highest BCUT2D eigenvalue weighted by molar-refractivity contribution is 7.90. The van der Waals surface area contributed by atoms with Crippen LogP contribution in [0.1, 0.15) is 71.7 Å². The van der Waals surface area contributed by atoms with Gasteiger partial charge in [-0.3, -0.25) is 4.79 Å². The average molecular weight is 506 g/mol. The first-order valence-electron chi connectivity index (χ1n) is 13.3. The van der Waals surface area contributed by atoms with Gasteiger partial charge in [0.25, 0.3) is 5.91 Å². The highest BCUT2D eigenvalue weighted by atomic mass is 32.2. The van der Waals surface area contributed by atoms with Crippen LogP contribution >= 0.6 is 0 Å². The van der Waals surface area contributed by atoms with E-state index in [1.807, 2.05) is 12.1 Å². The van der Waals surface area contributed by atoms with Crippen LogP contribution in [0.2, 0.25) is 0 Å². The van der Waals surface area contributed by atoms with Crippen molar-refractivity contribution in [2.45, 2.75) is 63.2 Å². The molecule has 7 heteroatoms. The average Bonchev–Trinajstić information content (AvgIpc) is 3.81. The Labute approximate surface area is 213 Å². The van der Waals surface area contributed by atoms with Crippen LogP contribution in [0, 0.1) is 12.8 Å². The number of hydrogen-bond donors (Lipinski definition) is 1. The van der Waals surface area contributed by atoms with Gasteiger partial charge in [-0.2, -0.15) is 0 Å². The van der Waals surface area contributed by atoms with Crippen LogP contribution in [0.5, 0.6) is 0 Å². The molecule has 1 N–H and O–H groups in total. The van der Waals surface area contributed by atoms with Crippen LogP contribution in [0.4, 0.5) is 0 Å². The largest absolute Gasteiger partial charge is 0.352 e. The molecule has 3 aliphatic rings. The summed E-state index contributed by atoms with van der Waals surface area (Å²) in [4.78, 5) is 13.0. The second kappa shape index (κ2) is 9.34. The Hall–Kier alpha value is -2.64. The number of piperidine rings is 1. The predicted molar refractivity (Wildman–Crippen MR) is 143 cm³/mol. The maximum absolute atomic E-state index is 13.0. The van der Waals surface area contributed by atoms with Crippen LogP contribution in [-0.4, -0.2) is 48.1 Å². The number of carbonyl (C=O) groups excluding carboxylic acids is 1. The Morgan fingerprint density at radius 3 is 2.33 bits per heavy atom. The molecule has 6 rings (SSSR count). The van der Waals surface area contributed by atoms with Crippen molar-refractivity contribution in [3.63, 3.8) is 0 Å². The Morgan fingerprint density at radius 1 is 0.944 bits per heavy atom. The zero-order chi connectivity index (χ0) is 24.9. The van der Waals surface area contributed by atoms with Crippen molar-refractivity contribution in [2.75, 3.05) is 19.6 Å². The highest BCUT2D eigenvalue weighted by Gasteiger charge is 2.41. The summed E-state index contributed by atoms with van der Waals surface area (Å²) >= 11 is 0. The molecule has 0 spiro atoms. The minimum absolute atomic E-state index is 0.0517. The van der Waals surface area contributed by atoms with Gasteiger partial charge >= 0.3 is 0 Å². The summed E-state index contributed by atoms with van der Waals surface area (Å²) in [6.07, 6.45) is 6.54. The maximum Gasteiger partial charge on any atom is 0.251 e. The van der Waals surface area contributed by atoms with Crippen molar-refractivity contribution in [3.8, 4) is 0 Å². The highest BCUT2D eigenvalue weighted by Crippen LogP contribution is 2.40. The zero-order valence-electron chi connectivity index (χ0n) is 20.9. The molecule has 3 fully saturated rings. The normalized spacial score (nSPS) is 19.6. The van der Waals surface area contributed by atoms with Crippen molar-refractivity contribution in [1.82, 2.24) is 14.2 Å². The molecule has 0 atom stereocenters. The van der Waals surface area contributed by atoms with Crippen molar-refractivity contribution >= 4 is 26.8 Å².